The molecule has 0 bridgehead atoms. The van der Waals surface area contributed by atoms with E-state index in [-0.39, 0.29) is 11.7 Å². The number of rotatable bonds is 8. The lowest BCUT2D eigenvalue weighted by Gasteiger charge is -2.21. The molecule has 0 fully saturated rings. The average Bonchev–Trinajstić information content (AvgIpc) is 3.11. The summed E-state index contributed by atoms with van der Waals surface area (Å²) in [7, 11) is 1.89. The number of aromatic nitrogens is 3. The number of carbonyl (C=O) groups excluding carboxylic acids is 1. The van der Waals surface area contributed by atoms with Crippen molar-refractivity contribution in [1.82, 2.24) is 14.8 Å². The fraction of sp³-hybridized carbons (Fsp3) is 0.318. The molecule has 1 aromatic heterocycles. The van der Waals surface area contributed by atoms with Crippen LogP contribution in [0.25, 0.3) is 11.4 Å². The quantitative estimate of drug-likeness (QED) is 0.533. The Morgan fingerprint density at radius 2 is 1.73 bits per heavy atom. The molecule has 0 aliphatic rings. The largest absolute Gasteiger partial charge is 0.372 e. The molecule has 8 heteroatoms. The lowest BCUT2D eigenvalue weighted by atomic mass is 10.2. The maximum atomic E-state index is 13.0. The molecule has 3 rings (SSSR count). The number of amides is 1. The van der Waals surface area contributed by atoms with E-state index in [2.05, 4.69) is 46.4 Å². The van der Waals surface area contributed by atoms with Crippen molar-refractivity contribution in [2.75, 3.05) is 23.3 Å². The molecule has 0 spiro atoms. The van der Waals surface area contributed by atoms with E-state index < -0.39 is 5.25 Å². The van der Waals surface area contributed by atoms with Crippen molar-refractivity contribution in [3.8, 4) is 11.4 Å². The summed E-state index contributed by atoms with van der Waals surface area (Å²) >= 11 is 1.33. The van der Waals surface area contributed by atoms with E-state index in [0.717, 1.165) is 24.5 Å². The van der Waals surface area contributed by atoms with Gasteiger partial charge in [0.2, 0.25) is 5.91 Å². The summed E-state index contributed by atoms with van der Waals surface area (Å²) in [6.07, 6.45) is 0. The lowest BCUT2D eigenvalue weighted by molar-refractivity contribution is -0.115. The number of nitrogens with zero attached hydrogens (tertiary/aromatic N) is 4. The third-order valence-corrected chi connectivity index (χ3v) is 5.99. The molecule has 1 unspecified atom stereocenters. The zero-order chi connectivity index (χ0) is 21.7. The molecule has 158 valence electrons. The van der Waals surface area contributed by atoms with Gasteiger partial charge in [0.15, 0.2) is 11.0 Å². The van der Waals surface area contributed by atoms with Crippen LogP contribution in [0.5, 0.6) is 0 Å². The number of nitrogens with one attached hydrogen (secondary N) is 1. The second-order valence-electron chi connectivity index (χ2n) is 6.84. The van der Waals surface area contributed by atoms with Crippen LogP contribution in [0.15, 0.2) is 53.7 Å². The van der Waals surface area contributed by atoms with Crippen LogP contribution in [0.1, 0.15) is 20.8 Å². The van der Waals surface area contributed by atoms with Crippen LogP contribution in [0.4, 0.5) is 15.8 Å². The van der Waals surface area contributed by atoms with E-state index in [0.29, 0.717) is 10.8 Å². The summed E-state index contributed by atoms with van der Waals surface area (Å²) < 4.78 is 14.9. The third kappa shape index (κ3) is 4.99. The van der Waals surface area contributed by atoms with Gasteiger partial charge < -0.3 is 14.8 Å². The van der Waals surface area contributed by atoms with E-state index in [9.17, 15) is 9.18 Å². The molecule has 1 atom stereocenters. The van der Waals surface area contributed by atoms with Crippen molar-refractivity contribution in [3.05, 3.63) is 54.3 Å². The predicted octanol–water partition coefficient (Wildman–Crippen LogP) is 4.59. The maximum absolute atomic E-state index is 13.0. The first-order chi connectivity index (χ1) is 14.4. The van der Waals surface area contributed by atoms with Crippen molar-refractivity contribution in [2.24, 2.45) is 7.05 Å². The zero-order valence-corrected chi connectivity index (χ0v) is 18.4. The minimum Gasteiger partial charge on any atom is -0.372 e. The summed E-state index contributed by atoms with van der Waals surface area (Å²) in [5, 5.41) is 11.6. The molecule has 3 aromatic rings. The minimum absolute atomic E-state index is 0.181. The zero-order valence-electron chi connectivity index (χ0n) is 17.6. The van der Waals surface area contributed by atoms with Crippen molar-refractivity contribution in [3.63, 3.8) is 0 Å². The second-order valence-corrected chi connectivity index (χ2v) is 8.15. The standard InChI is InChI=1S/C22H26FN5OS/c1-5-28(6-2)19-13-7-16(8-14-19)20-25-26-22(27(20)4)30-15(3)21(29)24-18-11-9-17(23)10-12-18/h7-15H,5-6H2,1-4H3,(H,24,29). The molecular weight excluding hydrogens is 401 g/mol. The third-order valence-electron chi connectivity index (χ3n) is 4.85. The van der Waals surface area contributed by atoms with Gasteiger partial charge in [-0.3, -0.25) is 4.79 Å². The summed E-state index contributed by atoms with van der Waals surface area (Å²) in [5.74, 6) is 0.224. The monoisotopic (exact) mass is 427 g/mol. The van der Waals surface area contributed by atoms with Crippen LogP contribution in [0.3, 0.4) is 0 Å². The number of carbonyl (C=O) groups is 1. The van der Waals surface area contributed by atoms with E-state index >= 15 is 0 Å². The first-order valence-electron chi connectivity index (χ1n) is 9.90. The van der Waals surface area contributed by atoms with E-state index in [1.54, 1.807) is 6.92 Å². The fourth-order valence-corrected chi connectivity index (χ4v) is 3.88. The lowest BCUT2D eigenvalue weighted by Crippen LogP contribution is -2.22. The van der Waals surface area contributed by atoms with Gasteiger partial charge in [-0.05, 0) is 69.3 Å². The van der Waals surface area contributed by atoms with Gasteiger partial charge in [-0.1, -0.05) is 11.8 Å². The predicted molar refractivity (Wildman–Crippen MR) is 120 cm³/mol. The maximum Gasteiger partial charge on any atom is 0.237 e. The van der Waals surface area contributed by atoms with Gasteiger partial charge in [0, 0.05) is 37.1 Å². The Morgan fingerprint density at radius 1 is 1.10 bits per heavy atom. The molecule has 0 saturated carbocycles. The molecule has 0 aliphatic carbocycles. The minimum atomic E-state index is -0.393. The topological polar surface area (TPSA) is 63.1 Å². The van der Waals surface area contributed by atoms with Crippen LogP contribution in [-0.2, 0) is 11.8 Å². The molecule has 6 nitrogen and oxygen atoms in total. The van der Waals surface area contributed by atoms with Crippen LogP contribution < -0.4 is 10.2 Å². The number of thioether (sulfide) groups is 1. The summed E-state index contributed by atoms with van der Waals surface area (Å²) in [6.45, 7) is 7.99. The number of anilines is 2. The second kappa shape index (κ2) is 9.75. The van der Waals surface area contributed by atoms with Gasteiger partial charge in [0.05, 0.1) is 5.25 Å². The van der Waals surface area contributed by atoms with Crippen molar-refractivity contribution >= 4 is 29.0 Å². The Morgan fingerprint density at radius 3 is 2.33 bits per heavy atom. The van der Waals surface area contributed by atoms with Gasteiger partial charge >= 0.3 is 0 Å². The molecule has 1 amide bonds. The van der Waals surface area contributed by atoms with E-state index in [1.807, 2.05) is 23.7 Å². The Hall–Kier alpha value is -2.87. The molecule has 0 aliphatic heterocycles. The van der Waals surface area contributed by atoms with Crippen LogP contribution in [0, 0.1) is 5.82 Å². The Kier molecular flexibility index (Phi) is 7.10. The van der Waals surface area contributed by atoms with Crippen LogP contribution in [-0.4, -0.2) is 39.0 Å². The molecule has 2 aromatic carbocycles. The number of hydrogen-bond acceptors (Lipinski definition) is 5. The SMILES string of the molecule is CCN(CC)c1ccc(-c2nnc(SC(C)C(=O)Nc3ccc(F)cc3)n2C)cc1. The molecular formula is C22H26FN5OS. The molecule has 1 N–H and O–H groups in total. The average molecular weight is 428 g/mol. The molecule has 1 heterocycles. The molecule has 30 heavy (non-hydrogen) atoms. The van der Waals surface area contributed by atoms with Gasteiger partial charge in [0.25, 0.3) is 0 Å². The molecule has 0 radical (unpaired) electrons. The Bertz CT molecular complexity index is 984. The molecule has 0 saturated heterocycles. The number of hydrogen-bond donors (Lipinski definition) is 1. The van der Waals surface area contributed by atoms with Crippen molar-refractivity contribution in [2.45, 2.75) is 31.2 Å². The van der Waals surface area contributed by atoms with E-state index in [4.69, 9.17) is 0 Å². The number of benzene rings is 2. The summed E-state index contributed by atoms with van der Waals surface area (Å²) in [6, 6.07) is 13.9. The first-order valence-corrected chi connectivity index (χ1v) is 10.8. The summed E-state index contributed by atoms with van der Waals surface area (Å²) in [5.41, 5.74) is 2.70. The van der Waals surface area contributed by atoms with Crippen LogP contribution in [0.2, 0.25) is 0 Å². The normalized spacial score (nSPS) is 11.9. The first kappa shape index (κ1) is 21.8. The van der Waals surface area contributed by atoms with Gasteiger partial charge in [0.1, 0.15) is 5.82 Å². The highest BCUT2D eigenvalue weighted by Crippen LogP contribution is 2.27. The van der Waals surface area contributed by atoms with Gasteiger partial charge in [-0.2, -0.15) is 0 Å². The fourth-order valence-electron chi connectivity index (χ4n) is 3.07. The summed E-state index contributed by atoms with van der Waals surface area (Å²) in [4.78, 5) is 14.7. The highest BCUT2D eigenvalue weighted by Gasteiger charge is 2.19. The van der Waals surface area contributed by atoms with Crippen molar-refractivity contribution in [1.29, 1.82) is 0 Å². The number of halogens is 1. The van der Waals surface area contributed by atoms with Crippen LogP contribution >= 0.6 is 11.8 Å². The van der Waals surface area contributed by atoms with Gasteiger partial charge in [-0.15, -0.1) is 10.2 Å². The van der Waals surface area contributed by atoms with Gasteiger partial charge in [-0.25, -0.2) is 4.39 Å². The highest BCUT2D eigenvalue weighted by atomic mass is 32.2. The Balaban J connectivity index is 1.68. The highest BCUT2D eigenvalue weighted by molar-refractivity contribution is 8.00. The Labute approximate surface area is 180 Å². The van der Waals surface area contributed by atoms with Crippen molar-refractivity contribution < 1.29 is 9.18 Å². The smallest absolute Gasteiger partial charge is 0.237 e. The van der Waals surface area contributed by atoms with E-state index in [1.165, 1.54) is 41.7 Å².